The first kappa shape index (κ1) is 15.1. The lowest BCUT2D eigenvalue weighted by Gasteiger charge is -2.05. The zero-order chi connectivity index (χ0) is 12.4. The van der Waals surface area contributed by atoms with Crippen molar-refractivity contribution < 1.29 is 32.7 Å². The fourth-order valence-electron chi connectivity index (χ4n) is 0.662. The summed E-state index contributed by atoms with van der Waals surface area (Å²) in [5.41, 5.74) is 0. The van der Waals surface area contributed by atoms with Gasteiger partial charge in [-0.25, -0.2) is 0 Å². The molecule has 94 valence electrons. The van der Waals surface area contributed by atoms with Gasteiger partial charge in [0, 0.05) is 13.8 Å². The maximum absolute atomic E-state index is 11.0. The van der Waals surface area contributed by atoms with E-state index in [0.29, 0.717) is 0 Å². The van der Waals surface area contributed by atoms with Gasteiger partial charge in [-0.1, -0.05) is 0 Å². The van der Waals surface area contributed by atoms with Crippen LogP contribution in [0.1, 0.15) is 13.8 Å². The molecule has 0 aromatic heterocycles. The van der Waals surface area contributed by atoms with Gasteiger partial charge in [0.2, 0.25) is 0 Å². The molecule has 0 rings (SSSR count). The van der Waals surface area contributed by atoms with Crippen molar-refractivity contribution in [2.24, 2.45) is 0 Å². The van der Waals surface area contributed by atoms with Gasteiger partial charge >= 0.3 is 20.2 Å². The topological polar surface area (TPSA) is 88.1 Å². The van der Waals surface area contributed by atoms with E-state index in [9.17, 15) is 14.2 Å². The summed E-state index contributed by atoms with van der Waals surface area (Å²) in [6.45, 7) is 2.59. The maximum atomic E-state index is 11.0. The third-order valence-electron chi connectivity index (χ3n) is 1.22. The quantitative estimate of drug-likeness (QED) is 0.354. The standard InChI is InChI=1S/C8H15O7P/c1-7(9)12-3-5-14-16(11)15-6-4-13-8(2)10/h16H,3-6H2,1-2H3. The van der Waals surface area contributed by atoms with Gasteiger partial charge in [0.1, 0.15) is 13.2 Å². The van der Waals surface area contributed by atoms with Crippen molar-refractivity contribution >= 4 is 20.2 Å². The normalized spacial score (nSPS) is 10.2. The highest BCUT2D eigenvalue weighted by Gasteiger charge is 2.01. The number of carbonyl (C=O) groups excluding carboxylic acids is 2. The first-order valence-electron chi connectivity index (χ1n) is 4.58. The number of esters is 2. The van der Waals surface area contributed by atoms with Crippen LogP contribution < -0.4 is 0 Å². The molecule has 0 saturated heterocycles. The SMILES string of the molecule is CC(=O)OCCO[PH](=O)OCCOC(C)=O. The summed E-state index contributed by atoms with van der Waals surface area (Å²) < 4.78 is 29.5. The highest BCUT2D eigenvalue weighted by atomic mass is 31.1. The second-order valence-corrected chi connectivity index (χ2v) is 3.70. The van der Waals surface area contributed by atoms with E-state index in [2.05, 4.69) is 9.47 Å². The van der Waals surface area contributed by atoms with Crippen LogP contribution in [0.25, 0.3) is 0 Å². The average Bonchev–Trinajstić information content (AvgIpc) is 2.19. The highest BCUT2D eigenvalue weighted by Crippen LogP contribution is 2.22. The number of rotatable bonds is 8. The van der Waals surface area contributed by atoms with Gasteiger partial charge in [-0.2, -0.15) is 0 Å². The molecule has 0 bridgehead atoms. The molecule has 0 aromatic carbocycles. The number of carbonyl (C=O) groups is 2. The van der Waals surface area contributed by atoms with Crippen LogP contribution in [0, 0.1) is 0 Å². The van der Waals surface area contributed by atoms with Crippen molar-refractivity contribution in [2.45, 2.75) is 13.8 Å². The zero-order valence-corrected chi connectivity index (χ0v) is 10.2. The molecule has 0 heterocycles. The van der Waals surface area contributed by atoms with Crippen LogP contribution in [0.2, 0.25) is 0 Å². The van der Waals surface area contributed by atoms with E-state index in [1.807, 2.05) is 0 Å². The molecular formula is C8H15O7P. The van der Waals surface area contributed by atoms with Crippen molar-refractivity contribution in [1.29, 1.82) is 0 Å². The van der Waals surface area contributed by atoms with Gasteiger partial charge in [0.15, 0.2) is 0 Å². The second-order valence-electron chi connectivity index (χ2n) is 2.63. The molecule has 8 heteroatoms. The minimum Gasteiger partial charge on any atom is -0.463 e. The van der Waals surface area contributed by atoms with E-state index in [1.165, 1.54) is 13.8 Å². The summed E-state index contributed by atoms with van der Waals surface area (Å²) in [6, 6.07) is 0. The van der Waals surface area contributed by atoms with Crippen molar-refractivity contribution in [3.63, 3.8) is 0 Å². The van der Waals surface area contributed by atoms with E-state index in [1.54, 1.807) is 0 Å². The molecule has 0 atom stereocenters. The third-order valence-corrected chi connectivity index (χ3v) is 2.10. The highest BCUT2D eigenvalue weighted by molar-refractivity contribution is 7.33. The minimum atomic E-state index is -2.62. The maximum Gasteiger partial charge on any atom is 0.319 e. The Kier molecular flexibility index (Phi) is 8.80. The average molecular weight is 254 g/mol. The molecule has 0 fully saturated rings. The first-order valence-corrected chi connectivity index (χ1v) is 5.81. The number of ether oxygens (including phenoxy) is 2. The summed E-state index contributed by atoms with van der Waals surface area (Å²) in [5.74, 6) is -0.863. The molecule has 0 spiro atoms. The third kappa shape index (κ3) is 11.2. The summed E-state index contributed by atoms with van der Waals surface area (Å²) in [5, 5.41) is 0. The van der Waals surface area contributed by atoms with Crippen LogP contribution in [0.15, 0.2) is 0 Å². The van der Waals surface area contributed by atoms with Gasteiger partial charge in [0.05, 0.1) is 13.2 Å². The molecule has 7 nitrogen and oxygen atoms in total. The Morgan fingerprint density at radius 2 is 1.25 bits per heavy atom. The van der Waals surface area contributed by atoms with Crippen LogP contribution in [0.5, 0.6) is 0 Å². The summed E-state index contributed by atoms with van der Waals surface area (Å²) in [4.78, 5) is 20.7. The Morgan fingerprint density at radius 3 is 1.56 bits per heavy atom. The van der Waals surface area contributed by atoms with Crippen LogP contribution in [-0.4, -0.2) is 38.4 Å². The lowest BCUT2D eigenvalue weighted by Crippen LogP contribution is -2.07. The minimum absolute atomic E-state index is 0.00490. The second kappa shape index (κ2) is 9.33. The fourth-order valence-corrected chi connectivity index (χ4v) is 1.25. The molecule has 0 saturated carbocycles. The molecule has 0 radical (unpaired) electrons. The van der Waals surface area contributed by atoms with Crippen LogP contribution in [-0.2, 0) is 32.7 Å². The lowest BCUT2D eigenvalue weighted by molar-refractivity contribution is -0.142. The van der Waals surface area contributed by atoms with E-state index < -0.39 is 20.2 Å². The first-order chi connectivity index (χ1) is 7.52. The fraction of sp³-hybridized carbons (Fsp3) is 0.750. The molecule has 16 heavy (non-hydrogen) atoms. The summed E-state index contributed by atoms with van der Waals surface area (Å²) >= 11 is 0. The van der Waals surface area contributed by atoms with Gasteiger partial charge < -0.3 is 18.5 Å². The van der Waals surface area contributed by atoms with Gasteiger partial charge in [-0.3, -0.25) is 14.2 Å². The molecule has 0 aromatic rings. The van der Waals surface area contributed by atoms with Crippen LogP contribution >= 0.6 is 8.25 Å². The Balaban J connectivity index is 3.31. The summed E-state index contributed by atoms with van der Waals surface area (Å²) in [7, 11) is -2.62. The van der Waals surface area contributed by atoms with Crippen LogP contribution in [0.3, 0.4) is 0 Å². The van der Waals surface area contributed by atoms with E-state index in [-0.39, 0.29) is 26.4 Å². The number of hydrogen-bond donors (Lipinski definition) is 0. The van der Waals surface area contributed by atoms with E-state index in [0.717, 1.165) is 0 Å². The van der Waals surface area contributed by atoms with Crippen molar-refractivity contribution in [2.75, 3.05) is 26.4 Å². The lowest BCUT2D eigenvalue weighted by atomic mass is 10.7. The van der Waals surface area contributed by atoms with E-state index >= 15 is 0 Å². The Bertz CT molecular complexity index is 229. The molecular weight excluding hydrogens is 239 g/mol. The van der Waals surface area contributed by atoms with Crippen LogP contribution in [0.4, 0.5) is 0 Å². The molecule has 0 aliphatic rings. The molecule has 0 amide bonds. The van der Waals surface area contributed by atoms with Gasteiger partial charge in [-0.15, -0.1) is 0 Å². The number of hydrogen-bond acceptors (Lipinski definition) is 7. The molecule has 0 aliphatic carbocycles. The van der Waals surface area contributed by atoms with Crippen molar-refractivity contribution in [1.82, 2.24) is 0 Å². The monoisotopic (exact) mass is 254 g/mol. The van der Waals surface area contributed by atoms with E-state index in [4.69, 9.17) is 9.05 Å². The van der Waals surface area contributed by atoms with Gasteiger partial charge in [0.25, 0.3) is 0 Å². The molecule has 0 N–H and O–H groups in total. The Hall–Kier alpha value is -0.910. The summed E-state index contributed by atoms with van der Waals surface area (Å²) in [6.07, 6.45) is 0. The molecule has 0 aliphatic heterocycles. The smallest absolute Gasteiger partial charge is 0.319 e. The predicted octanol–water partition coefficient (Wildman–Crippen LogP) is 0.535. The Labute approximate surface area is 93.9 Å². The predicted molar refractivity (Wildman–Crippen MR) is 54.2 cm³/mol. The van der Waals surface area contributed by atoms with Gasteiger partial charge in [-0.05, 0) is 0 Å². The molecule has 0 unspecified atom stereocenters. The Morgan fingerprint density at radius 1 is 0.875 bits per heavy atom. The largest absolute Gasteiger partial charge is 0.463 e. The van der Waals surface area contributed by atoms with Crippen molar-refractivity contribution in [3.8, 4) is 0 Å². The van der Waals surface area contributed by atoms with Crippen molar-refractivity contribution in [3.05, 3.63) is 0 Å². The zero-order valence-electron chi connectivity index (χ0n) is 9.19.